The maximum Gasteiger partial charge on any atom is 0.350 e. The largest absolute Gasteiger partial charge is 0.439 e. The average Bonchev–Trinajstić information content (AvgIpc) is 3.29. The van der Waals surface area contributed by atoms with E-state index in [0.717, 1.165) is 27.4 Å². The van der Waals surface area contributed by atoms with Crippen LogP contribution in [-0.4, -0.2) is 39.2 Å². The number of aromatic nitrogens is 2. The number of hydrogen-bond donors (Lipinski definition) is 0. The highest BCUT2D eigenvalue weighted by Gasteiger charge is 2.36. The third-order valence-electron chi connectivity index (χ3n) is 4.55. The summed E-state index contributed by atoms with van der Waals surface area (Å²) in [5, 5.41) is 5.43. The Bertz CT molecular complexity index is 1080. The second-order valence-corrected chi connectivity index (χ2v) is 8.17. The number of imide groups is 1. The fourth-order valence-electron chi connectivity index (χ4n) is 3.23. The standard InChI is InChI=1S/C20H19N3O4S/c1-11(2)9-23-19-15(12(3)21-23)8-16(28-19)20(26)27-10-22-17(24)13-6-4-5-7-14(13)18(22)25/h4-8,11H,9-10H2,1-3H3. The minimum Gasteiger partial charge on any atom is -0.439 e. The molecule has 0 unspecified atom stereocenters. The Morgan fingerprint density at radius 2 is 1.82 bits per heavy atom. The Kier molecular flexibility index (Phi) is 4.50. The summed E-state index contributed by atoms with van der Waals surface area (Å²) in [6.45, 7) is 6.46. The Balaban J connectivity index is 1.50. The molecule has 0 fully saturated rings. The molecule has 144 valence electrons. The quantitative estimate of drug-likeness (QED) is 0.486. The van der Waals surface area contributed by atoms with Crippen LogP contribution in [0, 0.1) is 12.8 Å². The van der Waals surface area contributed by atoms with Gasteiger partial charge in [-0.25, -0.2) is 9.69 Å². The SMILES string of the molecule is Cc1nn(CC(C)C)c2sc(C(=O)OCN3C(=O)c4ccccc4C3=O)cc12. The van der Waals surface area contributed by atoms with Crippen LogP contribution >= 0.6 is 11.3 Å². The summed E-state index contributed by atoms with van der Waals surface area (Å²) in [6.07, 6.45) is 0. The zero-order valence-electron chi connectivity index (χ0n) is 15.8. The summed E-state index contributed by atoms with van der Waals surface area (Å²) in [7, 11) is 0. The van der Waals surface area contributed by atoms with Crippen molar-refractivity contribution in [2.75, 3.05) is 6.73 Å². The molecule has 2 aromatic heterocycles. The van der Waals surface area contributed by atoms with Gasteiger partial charge in [-0.15, -0.1) is 11.3 Å². The Morgan fingerprint density at radius 1 is 1.18 bits per heavy atom. The lowest BCUT2D eigenvalue weighted by Crippen LogP contribution is -2.33. The molecule has 3 heterocycles. The molecular formula is C20H19N3O4S. The van der Waals surface area contributed by atoms with Crippen LogP contribution in [0.25, 0.3) is 10.2 Å². The molecule has 7 nitrogen and oxygen atoms in total. The summed E-state index contributed by atoms with van der Waals surface area (Å²) >= 11 is 1.30. The maximum atomic E-state index is 12.5. The second kappa shape index (κ2) is 6.87. The van der Waals surface area contributed by atoms with Crippen molar-refractivity contribution < 1.29 is 19.1 Å². The Morgan fingerprint density at radius 3 is 2.43 bits per heavy atom. The summed E-state index contributed by atoms with van der Waals surface area (Å²) in [5.74, 6) is -1.04. The molecule has 0 aliphatic carbocycles. The molecule has 3 aromatic rings. The molecule has 0 spiro atoms. The van der Waals surface area contributed by atoms with Gasteiger partial charge < -0.3 is 4.74 Å². The van der Waals surface area contributed by atoms with Gasteiger partial charge in [0.25, 0.3) is 11.8 Å². The summed E-state index contributed by atoms with van der Waals surface area (Å²) in [5.41, 5.74) is 1.51. The first kappa shape index (κ1) is 18.4. The van der Waals surface area contributed by atoms with Crippen LogP contribution < -0.4 is 0 Å². The van der Waals surface area contributed by atoms with Crippen molar-refractivity contribution >= 4 is 39.3 Å². The van der Waals surface area contributed by atoms with Gasteiger partial charge in [-0.1, -0.05) is 26.0 Å². The van der Waals surface area contributed by atoms with E-state index in [4.69, 9.17) is 4.74 Å². The van der Waals surface area contributed by atoms with Crippen LogP contribution in [0.4, 0.5) is 0 Å². The number of carbonyl (C=O) groups excluding carboxylic acids is 3. The summed E-state index contributed by atoms with van der Waals surface area (Å²) in [6, 6.07) is 8.32. The van der Waals surface area contributed by atoms with E-state index in [2.05, 4.69) is 18.9 Å². The van der Waals surface area contributed by atoms with Gasteiger partial charge in [0.1, 0.15) is 9.71 Å². The van der Waals surface area contributed by atoms with E-state index in [1.54, 1.807) is 30.3 Å². The van der Waals surface area contributed by atoms with E-state index in [1.807, 2.05) is 11.6 Å². The number of ether oxygens (including phenoxy) is 1. The molecule has 0 N–H and O–H groups in total. The molecule has 1 aliphatic heterocycles. The van der Waals surface area contributed by atoms with Crippen molar-refractivity contribution in [3.05, 3.63) is 52.0 Å². The van der Waals surface area contributed by atoms with Gasteiger partial charge in [-0.3, -0.25) is 14.3 Å². The van der Waals surface area contributed by atoms with Crippen LogP contribution in [0.5, 0.6) is 0 Å². The van der Waals surface area contributed by atoms with E-state index in [9.17, 15) is 14.4 Å². The fraction of sp³-hybridized carbons (Fsp3) is 0.300. The molecule has 0 radical (unpaired) electrons. The summed E-state index contributed by atoms with van der Waals surface area (Å²) in [4.78, 5) is 39.5. The molecule has 0 saturated carbocycles. The van der Waals surface area contributed by atoms with Crippen molar-refractivity contribution in [1.29, 1.82) is 0 Å². The minimum atomic E-state index is -0.562. The number of rotatable bonds is 5. The van der Waals surface area contributed by atoms with Crippen molar-refractivity contribution in [3.63, 3.8) is 0 Å². The number of fused-ring (bicyclic) bond motifs is 2. The van der Waals surface area contributed by atoms with E-state index in [1.165, 1.54) is 11.3 Å². The minimum absolute atomic E-state index is 0.329. The molecule has 8 heteroatoms. The van der Waals surface area contributed by atoms with E-state index in [-0.39, 0.29) is 0 Å². The van der Waals surface area contributed by atoms with Gasteiger partial charge >= 0.3 is 5.97 Å². The zero-order chi connectivity index (χ0) is 20.0. The average molecular weight is 397 g/mol. The van der Waals surface area contributed by atoms with E-state index >= 15 is 0 Å². The van der Waals surface area contributed by atoms with Crippen LogP contribution in [0.3, 0.4) is 0 Å². The van der Waals surface area contributed by atoms with Crippen molar-refractivity contribution in [2.24, 2.45) is 5.92 Å². The van der Waals surface area contributed by atoms with Gasteiger partial charge in [-0.2, -0.15) is 5.10 Å². The first-order valence-electron chi connectivity index (χ1n) is 8.96. The lowest BCUT2D eigenvalue weighted by molar-refractivity contribution is 0.0232. The maximum absolute atomic E-state index is 12.5. The molecule has 1 aliphatic rings. The number of esters is 1. The highest BCUT2D eigenvalue weighted by molar-refractivity contribution is 7.20. The Hall–Kier alpha value is -3.00. The van der Waals surface area contributed by atoms with Crippen LogP contribution in [0.2, 0.25) is 0 Å². The molecule has 1 aromatic carbocycles. The number of amides is 2. The lowest BCUT2D eigenvalue weighted by Gasteiger charge is -2.13. The van der Waals surface area contributed by atoms with Crippen molar-refractivity contribution in [2.45, 2.75) is 27.3 Å². The smallest absolute Gasteiger partial charge is 0.350 e. The molecular weight excluding hydrogens is 378 g/mol. The zero-order valence-corrected chi connectivity index (χ0v) is 16.6. The van der Waals surface area contributed by atoms with Gasteiger partial charge in [0.15, 0.2) is 6.73 Å². The van der Waals surface area contributed by atoms with Gasteiger partial charge in [-0.05, 0) is 31.0 Å². The van der Waals surface area contributed by atoms with Crippen molar-refractivity contribution in [3.8, 4) is 0 Å². The van der Waals surface area contributed by atoms with E-state index < -0.39 is 24.5 Å². The van der Waals surface area contributed by atoms with E-state index in [0.29, 0.717) is 21.9 Å². The second-order valence-electron chi connectivity index (χ2n) is 7.14. The number of benzene rings is 1. The first-order chi connectivity index (χ1) is 13.4. The number of carbonyl (C=O) groups is 3. The third kappa shape index (κ3) is 2.99. The number of nitrogens with zero attached hydrogens (tertiary/aromatic N) is 3. The molecule has 4 rings (SSSR count). The van der Waals surface area contributed by atoms with Crippen molar-refractivity contribution in [1.82, 2.24) is 14.7 Å². The molecule has 0 atom stereocenters. The topological polar surface area (TPSA) is 81.5 Å². The lowest BCUT2D eigenvalue weighted by atomic mass is 10.1. The van der Waals surface area contributed by atoms with Crippen LogP contribution in [-0.2, 0) is 11.3 Å². The Labute approximate surface area is 165 Å². The van der Waals surface area contributed by atoms with Gasteiger partial charge in [0.05, 0.1) is 16.8 Å². The molecule has 0 bridgehead atoms. The predicted molar refractivity (Wildman–Crippen MR) is 104 cm³/mol. The highest BCUT2D eigenvalue weighted by Crippen LogP contribution is 2.30. The number of hydrogen-bond acceptors (Lipinski definition) is 6. The third-order valence-corrected chi connectivity index (χ3v) is 5.68. The van der Waals surface area contributed by atoms with Gasteiger partial charge in [0, 0.05) is 11.9 Å². The normalized spacial score (nSPS) is 13.6. The monoisotopic (exact) mass is 397 g/mol. The molecule has 28 heavy (non-hydrogen) atoms. The van der Waals surface area contributed by atoms with Crippen LogP contribution in [0.15, 0.2) is 30.3 Å². The number of thiophene rings is 1. The molecule has 2 amide bonds. The molecule has 0 saturated heterocycles. The van der Waals surface area contributed by atoms with Gasteiger partial charge in [0.2, 0.25) is 0 Å². The fourth-order valence-corrected chi connectivity index (χ4v) is 4.30. The number of aryl methyl sites for hydroxylation is 1. The van der Waals surface area contributed by atoms with Crippen LogP contribution in [0.1, 0.15) is 49.9 Å². The predicted octanol–water partition coefficient (Wildman–Crippen LogP) is 3.47. The highest BCUT2D eigenvalue weighted by atomic mass is 32.1. The summed E-state index contributed by atoms with van der Waals surface area (Å²) < 4.78 is 7.17. The first-order valence-corrected chi connectivity index (χ1v) is 9.77.